The van der Waals surface area contributed by atoms with Crippen molar-refractivity contribution < 1.29 is 18.8 Å². The predicted molar refractivity (Wildman–Crippen MR) is 101 cm³/mol. The number of ether oxygens (including phenoxy) is 1. The summed E-state index contributed by atoms with van der Waals surface area (Å²) in [6.07, 6.45) is 3.03. The molecule has 1 fully saturated rings. The molecule has 0 aliphatic carbocycles. The van der Waals surface area contributed by atoms with Crippen LogP contribution in [0.5, 0.6) is 0 Å². The second-order valence-electron chi connectivity index (χ2n) is 6.89. The van der Waals surface area contributed by atoms with Gasteiger partial charge in [0.25, 0.3) is 5.91 Å². The van der Waals surface area contributed by atoms with Crippen LogP contribution in [0.3, 0.4) is 0 Å². The standard InChI is InChI=1S/C20H27N3O3/c1-6-17(23(7-2)10-8-9-11-23)19(24)22-18-14(3)12-15(21-4)13-16(18)20(25)26-5/h12-13,17H,6-11H2,1-3,5H3/p+1. The summed E-state index contributed by atoms with van der Waals surface area (Å²) < 4.78 is 5.64. The molecule has 1 aromatic carbocycles. The van der Waals surface area contributed by atoms with Crippen LogP contribution in [0.15, 0.2) is 12.1 Å². The number of rotatable bonds is 6. The molecule has 1 saturated heterocycles. The molecule has 0 aromatic heterocycles. The van der Waals surface area contributed by atoms with Gasteiger partial charge in [-0.2, -0.15) is 0 Å². The molecule has 6 heteroatoms. The largest absolute Gasteiger partial charge is 0.465 e. The Morgan fingerprint density at radius 2 is 1.96 bits per heavy atom. The van der Waals surface area contributed by atoms with Crippen LogP contribution in [0.4, 0.5) is 11.4 Å². The van der Waals surface area contributed by atoms with Gasteiger partial charge in [0.2, 0.25) is 0 Å². The lowest BCUT2D eigenvalue weighted by atomic mass is 10.0. The minimum atomic E-state index is -0.553. The Bertz CT molecular complexity index is 731. The van der Waals surface area contributed by atoms with E-state index in [1.807, 2.05) is 6.92 Å². The number of likely N-dealkylation sites (N-methyl/N-ethyl adjacent to an activating group) is 1. The fourth-order valence-electron chi connectivity index (χ4n) is 4.11. The number of esters is 1. The molecule has 0 saturated carbocycles. The molecule has 2 rings (SSSR count). The van der Waals surface area contributed by atoms with Crippen molar-refractivity contribution in [3.05, 3.63) is 34.7 Å². The molecule has 0 bridgehead atoms. The maximum absolute atomic E-state index is 13.1. The monoisotopic (exact) mass is 358 g/mol. The Morgan fingerprint density at radius 1 is 1.31 bits per heavy atom. The van der Waals surface area contributed by atoms with Gasteiger partial charge in [-0.1, -0.05) is 13.0 Å². The molecule has 1 N–H and O–H groups in total. The Morgan fingerprint density at radius 3 is 2.46 bits per heavy atom. The number of aryl methyl sites for hydroxylation is 1. The van der Waals surface area contributed by atoms with Crippen molar-refractivity contribution in [2.24, 2.45) is 0 Å². The van der Waals surface area contributed by atoms with Gasteiger partial charge in [-0.25, -0.2) is 9.64 Å². The third-order valence-corrected chi connectivity index (χ3v) is 5.54. The topological polar surface area (TPSA) is 59.8 Å². The average molecular weight is 358 g/mol. The highest BCUT2D eigenvalue weighted by Crippen LogP contribution is 2.30. The van der Waals surface area contributed by atoms with Crippen molar-refractivity contribution in [3.63, 3.8) is 0 Å². The molecule has 1 amide bonds. The van der Waals surface area contributed by atoms with E-state index in [0.29, 0.717) is 16.9 Å². The summed E-state index contributed by atoms with van der Waals surface area (Å²) in [6.45, 7) is 16.1. The fourth-order valence-corrected chi connectivity index (χ4v) is 4.11. The first-order valence-electron chi connectivity index (χ1n) is 9.19. The average Bonchev–Trinajstić information content (AvgIpc) is 3.13. The zero-order valence-electron chi connectivity index (χ0n) is 16.1. The normalized spacial score (nSPS) is 16.6. The van der Waals surface area contributed by atoms with Crippen molar-refractivity contribution in [2.75, 3.05) is 32.1 Å². The summed E-state index contributed by atoms with van der Waals surface area (Å²) >= 11 is 0. The van der Waals surface area contributed by atoms with Crippen LogP contribution in [-0.2, 0) is 9.53 Å². The van der Waals surface area contributed by atoms with E-state index in [1.165, 1.54) is 13.2 Å². The molecule has 1 atom stereocenters. The van der Waals surface area contributed by atoms with Crippen LogP contribution in [0.25, 0.3) is 4.85 Å². The zero-order valence-corrected chi connectivity index (χ0v) is 16.1. The number of hydrogen-bond acceptors (Lipinski definition) is 3. The number of anilines is 1. The van der Waals surface area contributed by atoms with E-state index in [1.54, 1.807) is 13.0 Å². The highest BCUT2D eigenvalue weighted by atomic mass is 16.5. The lowest BCUT2D eigenvalue weighted by Crippen LogP contribution is -2.57. The van der Waals surface area contributed by atoms with Crippen molar-refractivity contribution in [1.82, 2.24) is 0 Å². The molecule has 1 aromatic rings. The summed E-state index contributed by atoms with van der Waals surface area (Å²) in [6, 6.07) is 3.01. The number of hydrogen-bond donors (Lipinski definition) is 1. The van der Waals surface area contributed by atoms with Gasteiger partial charge in [0.1, 0.15) is 0 Å². The predicted octanol–water partition coefficient (Wildman–Crippen LogP) is 3.68. The summed E-state index contributed by atoms with van der Waals surface area (Å²) in [5, 5.41) is 2.97. The number of nitrogens with one attached hydrogen (secondary N) is 1. The molecule has 1 aliphatic heterocycles. The molecule has 1 heterocycles. The Labute approximate surface area is 155 Å². The van der Waals surface area contributed by atoms with Crippen LogP contribution >= 0.6 is 0 Å². The smallest absolute Gasteiger partial charge is 0.338 e. The van der Waals surface area contributed by atoms with E-state index in [-0.39, 0.29) is 17.5 Å². The van der Waals surface area contributed by atoms with Gasteiger partial charge in [0.15, 0.2) is 11.7 Å². The summed E-state index contributed by atoms with van der Waals surface area (Å²) in [5.41, 5.74) is 1.71. The first kappa shape index (κ1) is 19.9. The highest BCUT2D eigenvalue weighted by molar-refractivity contribution is 6.04. The van der Waals surface area contributed by atoms with Crippen LogP contribution in [0.1, 0.15) is 49.0 Å². The maximum atomic E-state index is 13.1. The molecule has 26 heavy (non-hydrogen) atoms. The molecular weight excluding hydrogens is 330 g/mol. The first-order valence-corrected chi connectivity index (χ1v) is 9.19. The van der Waals surface area contributed by atoms with Gasteiger partial charge in [-0.15, -0.1) is 0 Å². The number of likely N-dealkylation sites (tertiary alicyclic amines) is 1. The minimum absolute atomic E-state index is 0.0694. The zero-order chi connectivity index (χ0) is 19.3. The number of carbonyl (C=O) groups excluding carboxylic acids is 2. The van der Waals surface area contributed by atoms with Crippen molar-refractivity contribution >= 4 is 23.3 Å². The lowest BCUT2D eigenvalue weighted by molar-refractivity contribution is -0.930. The highest BCUT2D eigenvalue weighted by Gasteiger charge is 2.42. The number of methoxy groups -OCH3 is 1. The first-order chi connectivity index (χ1) is 12.4. The van der Waals surface area contributed by atoms with Gasteiger partial charge >= 0.3 is 5.97 Å². The summed E-state index contributed by atoms with van der Waals surface area (Å²) in [5.74, 6) is -0.623. The van der Waals surface area contributed by atoms with E-state index in [0.717, 1.165) is 43.4 Å². The van der Waals surface area contributed by atoms with Crippen molar-refractivity contribution in [3.8, 4) is 0 Å². The van der Waals surface area contributed by atoms with Crippen LogP contribution < -0.4 is 5.32 Å². The third kappa shape index (κ3) is 3.73. The van der Waals surface area contributed by atoms with E-state index < -0.39 is 5.97 Å². The fraction of sp³-hybridized carbons (Fsp3) is 0.550. The van der Waals surface area contributed by atoms with E-state index in [2.05, 4.69) is 17.1 Å². The van der Waals surface area contributed by atoms with Gasteiger partial charge in [0.05, 0.1) is 44.6 Å². The Kier molecular flexibility index (Phi) is 6.38. The summed E-state index contributed by atoms with van der Waals surface area (Å²) in [7, 11) is 1.30. The SMILES string of the molecule is [C-]#[N+]c1cc(C)c(NC(=O)C(CC)[N+]2(CC)CCCC2)c(C(=O)OC)c1. The second-order valence-corrected chi connectivity index (χ2v) is 6.89. The van der Waals surface area contributed by atoms with Crippen LogP contribution in [0.2, 0.25) is 0 Å². The number of amides is 1. The molecule has 1 unspecified atom stereocenters. The van der Waals surface area contributed by atoms with Gasteiger partial charge < -0.3 is 14.5 Å². The molecule has 1 aliphatic rings. The molecule has 0 spiro atoms. The number of benzene rings is 1. The third-order valence-electron chi connectivity index (χ3n) is 5.54. The van der Waals surface area contributed by atoms with Crippen LogP contribution in [-0.4, -0.2) is 49.1 Å². The molecular formula is C20H28N3O3+. The van der Waals surface area contributed by atoms with E-state index in [4.69, 9.17) is 11.3 Å². The van der Waals surface area contributed by atoms with E-state index in [9.17, 15) is 9.59 Å². The molecule has 0 radical (unpaired) electrons. The van der Waals surface area contributed by atoms with Gasteiger partial charge in [-0.3, -0.25) is 4.79 Å². The number of carbonyl (C=O) groups is 2. The second kappa shape index (κ2) is 8.33. The minimum Gasteiger partial charge on any atom is -0.465 e. The Hall–Kier alpha value is -2.39. The Balaban J connectivity index is 2.38. The van der Waals surface area contributed by atoms with E-state index >= 15 is 0 Å². The lowest BCUT2D eigenvalue weighted by Gasteiger charge is -2.39. The van der Waals surface area contributed by atoms with Crippen molar-refractivity contribution in [1.29, 1.82) is 0 Å². The molecule has 140 valence electrons. The van der Waals surface area contributed by atoms with Crippen molar-refractivity contribution in [2.45, 2.75) is 46.1 Å². The summed E-state index contributed by atoms with van der Waals surface area (Å²) in [4.78, 5) is 28.7. The van der Waals surface area contributed by atoms with Crippen LogP contribution in [0, 0.1) is 13.5 Å². The number of quaternary nitrogens is 1. The molecule has 6 nitrogen and oxygen atoms in total. The quantitative estimate of drug-likeness (QED) is 0.479. The van der Waals surface area contributed by atoms with Gasteiger partial charge in [0, 0.05) is 19.3 Å². The number of nitrogens with zero attached hydrogens (tertiary/aromatic N) is 2. The maximum Gasteiger partial charge on any atom is 0.338 e. The van der Waals surface area contributed by atoms with Gasteiger partial charge in [-0.05, 0) is 25.5 Å².